The number of likely N-dealkylation sites (N-methyl/N-ethyl adjacent to an activating group) is 1. The summed E-state index contributed by atoms with van der Waals surface area (Å²) in [5.41, 5.74) is 0. The predicted octanol–water partition coefficient (Wildman–Crippen LogP) is 9.00. The van der Waals surface area contributed by atoms with Gasteiger partial charge in [-0.15, -0.1) is 0 Å². The van der Waals surface area contributed by atoms with Crippen LogP contribution in [0.2, 0.25) is 0 Å². The molecule has 0 heterocycles. The van der Waals surface area contributed by atoms with Crippen LogP contribution in [0, 0.1) is 0 Å². The molecule has 0 saturated carbocycles. The standard InChI is InChI=1S/C37H75N2O6P/c1-6-8-10-12-14-16-18-19-21-23-25-27-29-31-37(41)38-35(34-45-46(42,43)44-33-32-39(3,4)5)36(40)30-28-26-24-22-20-17-15-13-11-9-7-2/h28,30,35-36,40H,6-27,29,31-34H2,1-5H3,(H-,38,41,42,43)/b30-28+/t35-,36+/m0/s1. The maximum absolute atomic E-state index is 12.7. The lowest BCUT2D eigenvalue weighted by atomic mass is 10.0. The monoisotopic (exact) mass is 675 g/mol. The van der Waals surface area contributed by atoms with Crippen LogP contribution < -0.4 is 10.2 Å². The second-order valence-corrected chi connectivity index (χ2v) is 15.7. The van der Waals surface area contributed by atoms with Gasteiger partial charge in [-0.25, -0.2) is 0 Å². The molecule has 0 aromatic rings. The number of nitrogens with one attached hydrogen (secondary N) is 1. The molecule has 0 aliphatic heterocycles. The molecule has 1 unspecified atom stereocenters. The van der Waals surface area contributed by atoms with Crippen LogP contribution in [0.1, 0.15) is 168 Å². The van der Waals surface area contributed by atoms with E-state index >= 15 is 0 Å². The Morgan fingerprint density at radius 2 is 1.17 bits per heavy atom. The van der Waals surface area contributed by atoms with Crippen LogP contribution in [-0.2, 0) is 18.4 Å². The topological polar surface area (TPSA) is 108 Å². The van der Waals surface area contributed by atoms with Gasteiger partial charge in [0.25, 0.3) is 7.82 Å². The van der Waals surface area contributed by atoms with Crippen molar-refractivity contribution in [1.82, 2.24) is 5.32 Å². The predicted molar refractivity (Wildman–Crippen MR) is 192 cm³/mol. The Morgan fingerprint density at radius 1 is 0.739 bits per heavy atom. The van der Waals surface area contributed by atoms with Crippen molar-refractivity contribution in [2.75, 3.05) is 40.9 Å². The summed E-state index contributed by atoms with van der Waals surface area (Å²) in [6.07, 6.45) is 31.0. The van der Waals surface area contributed by atoms with Crippen LogP contribution in [0.15, 0.2) is 12.2 Å². The van der Waals surface area contributed by atoms with Crippen LogP contribution >= 0.6 is 7.82 Å². The number of amides is 1. The largest absolute Gasteiger partial charge is 0.756 e. The molecular weight excluding hydrogens is 599 g/mol. The van der Waals surface area contributed by atoms with Crippen LogP contribution in [-0.4, -0.2) is 68.5 Å². The number of unbranched alkanes of at least 4 members (excludes halogenated alkanes) is 21. The highest BCUT2D eigenvalue weighted by molar-refractivity contribution is 7.45. The minimum absolute atomic E-state index is 0.00153. The normalized spacial score (nSPS) is 14.8. The smallest absolute Gasteiger partial charge is 0.268 e. The van der Waals surface area contributed by atoms with Crippen molar-refractivity contribution in [3.05, 3.63) is 12.2 Å². The Morgan fingerprint density at radius 3 is 1.63 bits per heavy atom. The molecular formula is C37H75N2O6P. The molecule has 3 atom stereocenters. The average molecular weight is 675 g/mol. The van der Waals surface area contributed by atoms with E-state index in [4.69, 9.17) is 9.05 Å². The zero-order chi connectivity index (χ0) is 34.4. The fourth-order valence-electron chi connectivity index (χ4n) is 5.39. The molecule has 0 radical (unpaired) electrons. The van der Waals surface area contributed by atoms with Crippen molar-refractivity contribution in [2.45, 2.75) is 180 Å². The first-order valence-corrected chi connectivity index (χ1v) is 20.5. The quantitative estimate of drug-likeness (QED) is 0.0305. The number of hydrogen-bond acceptors (Lipinski definition) is 6. The first-order chi connectivity index (χ1) is 22.0. The van der Waals surface area contributed by atoms with Gasteiger partial charge in [-0.3, -0.25) is 9.36 Å². The van der Waals surface area contributed by atoms with Gasteiger partial charge in [-0.05, 0) is 19.3 Å². The van der Waals surface area contributed by atoms with E-state index in [2.05, 4.69) is 19.2 Å². The van der Waals surface area contributed by atoms with Crippen LogP contribution in [0.3, 0.4) is 0 Å². The average Bonchev–Trinajstić information content (AvgIpc) is 2.99. The molecule has 0 aromatic heterocycles. The van der Waals surface area contributed by atoms with Gasteiger partial charge in [-0.2, -0.15) is 0 Å². The van der Waals surface area contributed by atoms with Crippen molar-refractivity contribution in [3.63, 3.8) is 0 Å². The third-order valence-corrected chi connectivity index (χ3v) is 9.46. The highest BCUT2D eigenvalue weighted by atomic mass is 31.2. The zero-order valence-electron chi connectivity index (χ0n) is 30.8. The number of aliphatic hydroxyl groups is 1. The number of phosphoric ester groups is 1. The Hall–Kier alpha value is -0.760. The Bertz CT molecular complexity index is 773. The van der Waals surface area contributed by atoms with Gasteiger partial charge >= 0.3 is 0 Å². The summed E-state index contributed by atoms with van der Waals surface area (Å²) in [6.45, 7) is 4.61. The summed E-state index contributed by atoms with van der Waals surface area (Å²) >= 11 is 0. The molecule has 1 amide bonds. The van der Waals surface area contributed by atoms with Crippen LogP contribution in [0.5, 0.6) is 0 Å². The summed E-state index contributed by atoms with van der Waals surface area (Å²) < 4.78 is 23.1. The van der Waals surface area contributed by atoms with Gasteiger partial charge in [-0.1, -0.05) is 154 Å². The van der Waals surface area contributed by atoms with E-state index in [1.165, 1.54) is 109 Å². The third-order valence-electron chi connectivity index (χ3n) is 8.50. The van der Waals surface area contributed by atoms with Crippen molar-refractivity contribution < 1.29 is 32.9 Å². The number of hydrogen-bond donors (Lipinski definition) is 2. The van der Waals surface area contributed by atoms with Gasteiger partial charge in [0.2, 0.25) is 5.91 Å². The van der Waals surface area contributed by atoms with Gasteiger partial charge in [0, 0.05) is 6.42 Å². The summed E-state index contributed by atoms with van der Waals surface area (Å²) in [6, 6.07) is -0.877. The third kappa shape index (κ3) is 31.8. The lowest BCUT2D eigenvalue weighted by Gasteiger charge is -2.29. The van der Waals surface area contributed by atoms with E-state index < -0.39 is 20.0 Å². The Labute approximate surface area is 284 Å². The number of quaternary nitrogens is 1. The van der Waals surface area contributed by atoms with E-state index in [1.807, 2.05) is 27.2 Å². The molecule has 0 fully saturated rings. The van der Waals surface area contributed by atoms with E-state index in [0.29, 0.717) is 17.4 Å². The van der Waals surface area contributed by atoms with Gasteiger partial charge in [0.15, 0.2) is 0 Å². The number of nitrogens with zero attached hydrogens (tertiary/aromatic N) is 1. The molecule has 274 valence electrons. The maximum atomic E-state index is 12.7. The lowest BCUT2D eigenvalue weighted by molar-refractivity contribution is -0.870. The zero-order valence-corrected chi connectivity index (χ0v) is 31.7. The fraction of sp³-hybridized carbons (Fsp3) is 0.919. The van der Waals surface area contributed by atoms with Crippen molar-refractivity contribution in [3.8, 4) is 0 Å². The van der Waals surface area contributed by atoms with E-state index in [9.17, 15) is 19.4 Å². The van der Waals surface area contributed by atoms with Crippen LogP contribution in [0.25, 0.3) is 0 Å². The highest BCUT2D eigenvalue weighted by Crippen LogP contribution is 2.38. The first kappa shape index (κ1) is 45.2. The number of carbonyl (C=O) groups excluding carboxylic acids is 1. The minimum Gasteiger partial charge on any atom is -0.756 e. The number of phosphoric acid groups is 1. The molecule has 8 nitrogen and oxygen atoms in total. The second-order valence-electron chi connectivity index (χ2n) is 14.3. The van der Waals surface area contributed by atoms with E-state index in [1.54, 1.807) is 6.08 Å². The fourth-order valence-corrected chi connectivity index (χ4v) is 6.11. The SMILES string of the molecule is CCCCCCCCCCC/C=C/[C@@H](O)[C@H](COP(=O)([O-])OCC[N+](C)(C)C)NC(=O)CCCCCCCCCCCCCCC. The van der Waals surface area contributed by atoms with Crippen molar-refractivity contribution in [1.29, 1.82) is 0 Å². The molecule has 0 saturated heterocycles. The maximum Gasteiger partial charge on any atom is 0.268 e. The number of aliphatic hydroxyl groups excluding tert-OH is 1. The molecule has 0 aliphatic rings. The van der Waals surface area contributed by atoms with Gasteiger partial charge in [0.1, 0.15) is 13.2 Å². The number of carbonyl (C=O) groups is 1. The molecule has 0 spiro atoms. The van der Waals surface area contributed by atoms with Crippen molar-refractivity contribution in [2.24, 2.45) is 0 Å². The lowest BCUT2D eigenvalue weighted by Crippen LogP contribution is -2.45. The van der Waals surface area contributed by atoms with Gasteiger partial charge < -0.3 is 28.8 Å². The second kappa shape index (κ2) is 30.3. The molecule has 0 aromatic carbocycles. The minimum atomic E-state index is -4.57. The van der Waals surface area contributed by atoms with E-state index in [-0.39, 0.29) is 19.1 Å². The van der Waals surface area contributed by atoms with Crippen LogP contribution in [0.4, 0.5) is 0 Å². The number of allylic oxidation sites excluding steroid dienone is 1. The summed E-state index contributed by atoms with van der Waals surface area (Å²) in [7, 11) is 1.26. The number of rotatable bonds is 34. The molecule has 0 aliphatic carbocycles. The van der Waals surface area contributed by atoms with Crippen molar-refractivity contribution >= 4 is 13.7 Å². The molecule has 9 heteroatoms. The summed E-state index contributed by atoms with van der Waals surface area (Å²) in [5.74, 6) is -0.199. The molecule has 2 N–H and O–H groups in total. The molecule has 0 bridgehead atoms. The summed E-state index contributed by atoms with van der Waals surface area (Å²) in [5, 5.41) is 13.7. The van der Waals surface area contributed by atoms with E-state index in [0.717, 1.165) is 38.5 Å². The highest BCUT2D eigenvalue weighted by Gasteiger charge is 2.23. The molecule has 0 rings (SSSR count). The Balaban J connectivity index is 4.52. The first-order valence-electron chi connectivity index (χ1n) is 19.1. The summed E-state index contributed by atoms with van der Waals surface area (Å²) in [4.78, 5) is 25.1. The Kier molecular flexibility index (Phi) is 29.8. The van der Waals surface area contributed by atoms with Gasteiger partial charge in [0.05, 0.1) is 39.9 Å². The molecule has 46 heavy (non-hydrogen) atoms.